The van der Waals surface area contributed by atoms with Crippen molar-refractivity contribution in [3.63, 3.8) is 0 Å². The number of aromatic nitrogens is 2. The largest absolute Gasteiger partial charge is 0.482 e. The van der Waals surface area contributed by atoms with Crippen LogP contribution in [0, 0.1) is 0 Å². The van der Waals surface area contributed by atoms with Crippen LogP contribution in [-0.4, -0.2) is 22.5 Å². The first-order valence-corrected chi connectivity index (χ1v) is 9.38. The number of benzene rings is 2. The topological polar surface area (TPSA) is 64.1 Å². The number of thiazole rings is 1. The van der Waals surface area contributed by atoms with Crippen LogP contribution in [0.4, 0.5) is 5.82 Å². The number of amides is 1. The fourth-order valence-corrected chi connectivity index (χ4v) is 3.62. The molecule has 0 bridgehead atoms. The Morgan fingerprint density at radius 2 is 1.89 bits per heavy atom. The van der Waals surface area contributed by atoms with Gasteiger partial charge in [0.1, 0.15) is 16.6 Å². The second-order valence-electron chi connectivity index (χ2n) is 5.69. The van der Waals surface area contributed by atoms with Gasteiger partial charge in [0.25, 0.3) is 5.91 Å². The van der Waals surface area contributed by atoms with Gasteiger partial charge in [-0.15, -0.1) is 11.3 Å². The number of pyridine rings is 1. The predicted molar refractivity (Wildman–Crippen MR) is 108 cm³/mol. The van der Waals surface area contributed by atoms with Crippen LogP contribution in [0.3, 0.4) is 0 Å². The maximum Gasteiger partial charge on any atom is 0.263 e. The lowest BCUT2D eigenvalue weighted by Gasteiger charge is -2.08. The molecule has 5 nitrogen and oxygen atoms in total. The Morgan fingerprint density at radius 3 is 2.67 bits per heavy atom. The standard InChI is InChI=1S/C20H14ClN3O2S/c21-14-5-1-3-7-16(14)26-12-19(25)24-18-10-9-13(11-22-18)20-23-15-6-2-4-8-17(15)27-20/h1-11H,12H2,(H,22,24,25). The zero-order valence-corrected chi connectivity index (χ0v) is 15.6. The molecule has 4 rings (SSSR count). The van der Waals surface area contributed by atoms with E-state index in [4.69, 9.17) is 16.3 Å². The predicted octanol–water partition coefficient (Wildman–Crippen LogP) is 5.03. The fraction of sp³-hybridized carbons (Fsp3) is 0.0500. The minimum Gasteiger partial charge on any atom is -0.482 e. The summed E-state index contributed by atoms with van der Waals surface area (Å²) in [6, 6.07) is 18.6. The van der Waals surface area contributed by atoms with Crippen LogP contribution in [-0.2, 0) is 4.79 Å². The first-order chi connectivity index (χ1) is 13.2. The summed E-state index contributed by atoms with van der Waals surface area (Å²) in [5.74, 6) is 0.608. The number of nitrogens with one attached hydrogen (secondary N) is 1. The molecule has 0 aliphatic carbocycles. The Labute approximate surface area is 164 Å². The van der Waals surface area contributed by atoms with E-state index in [-0.39, 0.29) is 12.5 Å². The van der Waals surface area contributed by atoms with Crippen molar-refractivity contribution >= 4 is 44.9 Å². The summed E-state index contributed by atoms with van der Waals surface area (Å²) in [5, 5.41) is 4.06. The zero-order valence-electron chi connectivity index (χ0n) is 14.1. The van der Waals surface area contributed by atoms with Crippen LogP contribution >= 0.6 is 22.9 Å². The highest BCUT2D eigenvalue weighted by Gasteiger charge is 2.09. The van der Waals surface area contributed by atoms with Crippen molar-refractivity contribution in [3.8, 4) is 16.3 Å². The van der Waals surface area contributed by atoms with E-state index in [1.54, 1.807) is 47.9 Å². The maximum atomic E-state index is 12.0. The van der Waals surface area contributed by atoms with E-state index >= 15 is 0 Å². The SMILES string of the molecule is O=C(COc1ccccc1Cl)Nc1ccc(-c2nc3ccccc3s2)cn1. The number of carbonyl (C=O) groups excluding carboxylic acids is 1. The van der Waals surface area contributed by atoms with Crippen molar-refractivity contribution in [1.29, 1.82) is 0 Å². The second-order valence-corrected chi connectivity index (χ2v) is 7.12. The van der Waals surface area contributed by atoms with Gasteiger partial charge in [-0.1, -0.05) is 35.9 Å². The minimum absolute atomic E-state index is 0.148. The van der Waals surface area contributed by atoms with Crippen molar-refractivity contribution in [2.24, 2.45) is 0 Å². The lowest BCUT2D eigenvalue weighted by Crippen LogP contribution is -2.20. The lowest BCUT2D eigenvalue weighted by atomic mass is 10.3. The van der Waals surface area contributed by atoms with Gasteiger partial charge < -0.3 is 10.1 Å². The van der Waals surface area contributed by atoms with Gasteiger partial charge in [0.2, 0.25) is 0 Å². The molecule has 0 aliphatic heterocycles. The molecule has 0 saturated heterocycles. The third-order valence-corrected chi connectivity index (χ3v) is 5.16. The summed E-state index contributed by atoms with van der Waals surface area (Å²) in [6.45, 7) is -0.148. The van der Waals surface area contributed by atoms with Gasteiger partial charge in [0.15, 0.2) is 6.61 Å². The molecule has 7 heteroatoms. The third-order valence-electron chi connectivity index (χ3n) is 3.77. The molecule has 0 atom stereocenters. The van der Waals surface area contributed by atoms with E-state index in [0.717, 1.165) is 20.8 Å². The number of ether oxygens (including phenoxy) is 1. The first kappa shape index (κ1) is 17.5. The summed E-state index contributed by atoms with van der Waals surface area (Å²) in [4.78, 5) is 20.9. The van der Waals surface area contributed by atoms with Crippen molar-refractivity contribution in [2.75, 3.05) is 11.9 Å². The van der Waals surface area contributed by atoms with Crippen LogP contribution in [0.2, 0.25) is 5.02 Å². The maximum absolute atomic E-state index is 12.0. The molecule has 0 radical (unpaired) electrons. The second kappa shape index (κ2) is 7.73. The number of rotatable bonds is 5. The van der Waals surface area contributed by atoms with Gasteiger partial charge in [-0.05, 0) is 36.4 Å². The van der Waals surface area contributed by atoms with Gasteiger partial charge >= 0.3 is 0 Å². The Balaban J connectivity index is 1.40. The number of nitrogens with zero attached hydrogens (tertiary/aromatic N) is 2. The van der Waals surface area contributed by atoms with Crippen LogP contribution in [0.5, 0.6) is 5.75 Å². The Bertz CT molecular complexity index is 1060. The number of para-hydroxylation sites is 2. The molecule has 4 aromatic rings. The molecule has 27 heavy (non-hydrogen) atoms. The lowest BCUT2D eigenvalue weighted by molar-refractivity contribution is -0.118. The molecule has 2 heterocycles. The minimum atomic E-state index is -0.310. The van der Waals surface area contributed by atoms with Crippen LogP contribution in [0.15, 0.2) is 66.9 Å². The highest BCUT2D eigenvalue weighted by molar-refractivity contribution is 7.21. The normalized spacial score (nSPS) is 10.7. The number of carbonyl (C=O) groups is 1. The molecule has 1 amide bonds. The third kappa shape index (κ3) is 4.07. The van der Waals surface area contributed by atoms with E-state index in [1.165, 1.54) is 0 Å². The van der Waals surface area contributed by atoms with Crippen LogP contribution in [0.25, 0.3) is 20.8 Å². The molecule has 0 spiro atoms. The monoisotopic (exact) mass is 395 g/mol. The van der Waals surface area contributed by atoms with Gasteiger partial charge in [-0.25, -0.2) is 9.97 Å². The summed E-state index contributed by atoms with van der Waals surface area (Å²) in [7, 11) is 0. The molecular weight excluding hydrogens is 382 g/mol. The highest BCUT2D eigenvalue weighted by atomic mass is 35.5. The van der Waals surface area contributed by atoms with E-state index in [1.807, 2.05) is 30.3 Å². The number of halogens is 1. The van der Waals surface area contributed by atoms with E-state index in [0.29, 0.717) is 16.6 Å². The van der Waals surface area contributed by atoms with Crippen molar-refractivity contribution in [1.82, 2.24) is 9.97 Å². The molecule has 0 unspecified atom stereocenters. The molecule has 0 saturated carbocycles. The zero-order chi connectivity index (χ0) is 18.6. The molecular formula is C20H14ClN3O2S. The Hall–Kier alpha value is -2.96. The van der Waals surface area contributed by atoms with E-state index < -0.39 is 0 Å². The molecule has 1 N–H and O–H groups in total. The van der Waals surface area contributed by atoms with Crippen molar-refractivity contribution in [3.05, 3.63) is 71.9 Å². The smallest absolute Gasteiger partial charge is 0.263 e. The molecule has 2 aromatic heterocycles. The number of hydrogen-bond donors (Lipinski definition) is 1. The van der Waals surface area contributed by atoms with Gasteiger partial charge in [0, 0.05) is 11.8 Å². The average molecular weight is 396 g/mol. The first-order valence-electron chi connectivity index (χ1n) is 8.18. The summed E-state index contributed by atoms with van der Waals surface area (Å²) < 4.78 is 6.54. The summed E-state index contributed by atoms with van der Waals surface area (Å²) in [5.41, 5.74) is 1.87. The molecule has 2 aromatic carbocycles. The van der Waals surface area contributed by atoms with Crippen molar-refractivity contribution < 1.29 is 9.53 Å². The van der Waals surface area contributed by atoms with Crippen molar-refractivity contribution in [2.45, 2.75) is 0 Å². The number of hydrogen-bond acceptors (Lipinski definition) is 5. The summed E-state index contributed by atoms with van der Waals surface area (Å²) in [6.07, 6.45) is 1.70. The summed E-state index contributed by atoms with van der Waals surface area (Å²) >= 11 is 7.61. The van der Waals surface area contributed by atoms with Gasteiger partial charge in [-0.2, -0.15) is 0 Å². The van der Waals surface area contributed by atoms with Crippen LogP contribution < -0.4 is 10.1 Å². The quantitative estimate of drug-likeness (QED) is 0.514. The number of fused-ring (bicyclic) bond motifs is 1. The molecule has 0 fully saturated rings. The van der Waals surface area contributed by atoms with Crippen LogP contribution in [0.1, 0.15) is 0 Å². The highest BCUT2D eigenvalue weighted by Crippen LogP contribution is 2.29. The average Bonchev–Trinajstić information content (AvgIpc) is 3.12. The van der Waals surface area contributed by atoms with E-state index in [9.17, 15) is 4.79 Å². The van der Waals surface area contributed by atoms with Gasteiger partial charge in [-0.3, -0.25) is 4.79 Å². The fourth-order valence-electron chi connectivity index (χ4n) is 2.47. The molecule has 134 valence electrons. The number of anilines is 1. The van der Waals surface area contributed by atoms with E-state index in [2.05, 4.69) is 15.3 Å². The Morgan fingerprint density at radius 1 is 1.07 bits per heavy atom. The molecule has 0 aliphatic rings. The Kier molecular flexibility index (Phi) is 5.00. The van der Waals surface area contributed by atoms with Gasteiger partial charge in [0.05, 0.1) is 15.2 Å².